The Morgan fingerprint density at radius 3 is 2.92 bits per heavy atom. The highest BCUT2D eigenvalue weighted by Gasteiger charge is 2.14. The molecule has 1 rings (SSSR count). The van der Waals surface area contributed by atoms with Crippen LogP contribution in [0.4, 0.5) is 0 Å². The van der Waals surface area contributed by atoms with Crippen molar-refractivity contribution in [2.45, 2.75) is 39.7 Å². The standard InChI is InChI=1S/C11H24N2/c1-4-10(2)9-13-7-5-11(3)12-6-8-13/h10-12H,4-9H2,1-3H3. The lowest BCUT2D eigenvalue weighted by atomic mass is 10.1. The van der Waals surface area contributed by atoms with Crippen molar-refractivity contribution in [3.05, 3.63) is 0 Å². The summed E-state index contributed by atoms with van der Waals surface area (Å²) >= 11 is 0. The molecule has 0 bridgehead atoms. The lowest BCUT2D eigenvalue weighted by Crippen LogP contribution is -2.32. The number of hydrogen-bond donors (Lipinski definition) is 1. The van der Waals surface area contributed by atoms with Crippen molar-refractivity contribution < 1.29 is 0 Å². The van der Waals surface area contributed by atoms with Crippen LogP contribution < -0.4 is 5.32 Å². The number of rotatable bonds is 3. The van der Waals surface area contributed by atoms with Gasteiger partial charge < -0.3 is 10.2 Å². The molecule has 0 aliphatic carbocycles. The first-order chi connectivity index (χ1) is 6.22. The maximum absolute atomic E-state index is 3.52. The maximum Gasteiger partial charge on any atom is 0.0107 e. The van der Waals surface area contributed by atoms with Gasteiger partial charge in [0.05, 0.1) is 0 Å². The summed E-state index contributed by atoms with van der Waals surface area (Å²) in [6.45, 7) is 11.9. The van der Waals surface area contributed by atoms with Gasteiger partial charge in [-0.25, -0.2) is 0 Å². The van der Waals surface area contributed by atoms with Gasteiger partial charge in [-0.3, -0.25) is 0 Å². The molecule has 1 aliphatic rings. The quantitative estimate of drug-likeness (QED) is 0.718. The second kappa shape index (κ2) is 5.61. The molecular formula is C11H24N2. The van der Waals surface area contributed by atoms with Gasteiger partial charge in [-0.1, -0.05) is 20.3 Å². The van der Waals surface area contributed by atoms with Crippen LogP contribution >= 0.6 is 0 Å². The van der Waals surface area contributed by atoms with Gasteiger partial charge >= 0.3 is 0 Å². The molecule has 2 unspecified atom stereocenters. The Bertz CT molecular complexity index is 136. The van der Waals surface area contributed by atoms with Crippen LogP contribution in [0.1, 0.15) is 33.6 Å². The first kappa shape index (κ1) is 11.0. The predicted molar refractivity (Wildman–Crippen MR) is 58.0 cm³/mol. The van der Waals surface area contributed by atoms with Crippen molar-refractivity contribution in [1.29, 1.82) is 0 Å². The zero-order valence-electron chi connectivity index (χ0n) is 9.34. The third-order valence-electron chi connectivity index (χ3n) is 3.07. The Morgan fingerprint density at radius 2 is 2.23 bits per heavy atom. The Balaban J connectivity index is 2.25. The summed E-state index contributed by atoms with van der Waals surface area (Å²) in [5.74, 6) is 0.855. The van der Waals surface area contributed by atoms with Crippen molar-refractivity contribution in [2.75, 3.05) is 26.2 Å². The summed E-state index contributed by atoms with van der Waals surface area (Å²) in [5, 5.41) is 3.52. The number of nitrogens with zero attached hydrogens (tertiary/aromatic N) is 1. The molecule has 78 valence electrons. The van der Waals surface area contributed by atoms with Crippen LogP contribution in [0.25, 0.3) is 0 Å². The van der Waals surface area contributed by atoms with Gasteiger partial charge in [0.25, 0.3) is 0 Å². The van der Waals surface area contributed by atoms with Gasteiger partial charge in [0, 0.05) is 25.7 Å². The van der Waals surface area contributed by atoms with E-state index in [2.05, 4.69) is 31.0 Å². The fourth-order valence-electron chi connectivity index (χ4n) is 1.81. The number of nitrogens with one attached hydrogen (secondary N) is 1. The van der Waals surface area contributed by atoms with Gasteiger partial charge in [0.15, 0.2) is 0 Å². The summed E-state index contributed by atoms with van der Waals surface area (Å²) in [4.78, 5) is 2.60. The van der Waals surface area contributed by atoms with Crippen LogP contribution in [-0.4, -0.2) is 37.1 Å². The van der Waals surface area contributed by atoms with E-state index >= 15 is 0 Å². The molecule has 13 heavy (non-hydrogen) atoms. The second-order valence-electron chi connectivity index (χ2n) is 4.46. The maximum atomic E-state index is 3.52. The average Bonchev–Trinajstić information content (AvgIpc) is 2.31. The molecule has 0 aromatic heterocycles. The molecule has 1 heterocycles. The van der Waals surface area contributed by atoms with Gasteiger partial charge in [-0.2, -0.15) is 0 Å². The van der Waals surface area contributed by atoms with E-state index in [1.54, 1.807) is 0 Å². The van der Waals surface area contributed by atoms with E-state index in [-0.39, 0.29) is 0 Å². The molecule has 1 fully saturated rings. The highest BCUT2D eigenvalue weighted by Crippen LogP contribution is 2.07. The lowest BCUT2D eigenvalue weighted by Gasteiger charge is -2.22. The molecule has 2 nitrogen and oxygen atoms in total. The average molecular weight is 184 g/mol. The van der Waals surface area contributed by atoms with Gasteiger partial charge in [0.1, 0.15) is 0 Å². The Labute approximate surface area is 82.7 Å². The molecule has 0 spiro atoms. The molecule has 1 aliphatic heterocycles. The van der Waals surface area contributed by atoms with Crippen molar-refractivity contribution in [3.63, 3.8) is 0 Å². The molecule has 0 saturated carbocycles. The molecule has 2 heteroatoms. The predicted octanol–water partition coefficient (Wildman–Crippen LogP) is 1.72. The zero-order valence-corrected chi connectivity index (χ0v) is 9.34. The molecule has 0 radical (unpaired) electrons. The van der Waals surface area contributed by atoms with Crippen molar-refractivity contribution in [3.8, 4) is 0 Å². The fourth-order valence-corrected chi connectivity index (χ4v) is 1.81. The monoisotopic (exact) mass is 184 g/mol. The topological polar surface area (TPSA) is 15.3 Å². The summed E-state index contributed by atoms with van der Waals surface area (Å²) < 4.78 is 0. The van der Waals surface area contributed by atoms with Crippen LogP contribution in [-0.2, 0) is 0 Å². The first-order valence-corrected chi connectivity index (χ1v) is 5.68. The normalized spacial score (nSPS) is 28.4. The van der Waals surface area contributed by atoms with E-state index in [1.807, 2.05) is 0 Å². The van der Waals surface area contributed by atoms with Crippen LogP contribution in [0.2, 0.25) is 0 Å². The van der Waals surface area contributed by atoms with Gasteiger partial charge in [-0.05, 0) is 25.8 Å². The molecule has 2 atom stereocenters. The van der Waals surface area contributed by atoms with Crippen LogP contribution in [0.3, 0.4) is 0 Å². The smallest absolute Gasteiger partial charge is 0.0107 e. The minimum atomic E-state index is 0.710. The SMILES string of the molecule is CCC(C)CN1CCNC(C)CC1. The molecule has 1 N–H and O–H groups in total. The highest BCUT2D eigenvalue weighted by atomic mass is 15.2. The fraction of sp³-hybridized carbons (Fsp3) is 1.00. The summed E-state index contributed by atoms with van der Waals surface area (Å²) in [6.07, 6.45) is 2.61. The molecule has 0 aromatic rings. The Kier molecular flexibility index (Phi) is 4.74. The van der Waals surface area contributed by atoms with E-state index < -0.39 is 0 Å². The van der Waals surface area contributed by atoms with Gasteiger partial charge in [0.2, 0.25) is 0 Å². The second-order valence-corrected chi connectivity index (χ2v) is 4.46. The van der Waals surface area contributed by atoms with E-state index in [1.165, 1.54) is 32.5 Å². The van der Waals surface area contributed by atoms with Crippen molar-refractivity contribution in [1.82, 2.24) is 10.2 Å². The van der Waals surface area contributed by atoms with E-state index in [0.717, 1.165) is 12.5 Å². The Morgan fingerprint density at radius 1 is 1.46 bits per heavy atom. The highest BCUT2D eigenvalue weighted by molar-refractivity contribution is 4.72. The largest absolute Gasteiger partial charge is 0.313 e. The van der Waals surface area contributed by atoms with Crippen molar-refractivity contribution in [2.24, 2.45) is 5.92 Å². The summed E-state index contributed by atoms with van der Waals surface area (Å²) in [6, 6.07) is 0.710. The van der Waals surface area contributed by atoms with Crippen LogP contribution in [0.5, 0.6) is 0 Å². The molecular weight excluding hydrogens is 160 g/mol. The minimum Gasteiger partial charge on any atom is -0.313 e. The molecule has 0 amide bonds. The first-order valence-electron chi connectivity index (χ1n) is 5.68. The summed E-state index contributed by atoms with van der Waals surface area (Å²) in [5.41, 5.74) is 0. The van der Waals surface area contributed by atoms with Crippen molar-refractivity contribution >= 4 is 0 Å². The van der Waals surface area contributed by atoms with Crippen LogP contribution in [0, 0.1) is 5.92 Å². The lowest BCUT2D eigenvalue weighted by molar-refractivity contribution is 0.248. The van der Waals surface area contributed by atoms with E-state index in [9.17, 15) is 0 Å². The van der Waals surface area contributed by atoms with E-state index in [0.29, 0.717) is 6.04 Å². The Hall–Kier alpha value is -0.0800. The summed E-state index contributed by atoms with van der Waals surface area (Å²) in [7, 11) is 0. The third kappa shape index (κ3) is 4.10. The third-order valence-corrected chi connectivity index (χ3v) is 3.07. The molecule has 1 saturated heterocycles. The van der Waals surface area contributed by atoms with Crippen LogP contribution in [0.15, 0.2) is 0 Å². The minimum absolute atomic E-state index is 0.710. The molecule has 0 aromatic carbocycles. The zero-order chi connectivity index (χ0) is 9.68. The van der Waals surface area contributed by atoms with Gasteiger partial charge in [-0.15, -0.1) is 0 Å². The van der Waals surface area contributed by atoms with E-state index in [4.69, 9.17) is 0 Å². The number of hydrogen-bond acceptors (Lipinski definition) is 2.